The van der Waals surface area contributed by atoms with Crippen molar-refractivity contribution in [3.8, 4) is 6.01 Å². The van der Waals surface area contributed by atoms with E-state index in [0.717, 1.165) is 36.8 Å². The van der Waals surface area contributed by atoms with Crippen LogP contribution in [0, 0.1) is 0 Å². The topological polar surface area (TPSA) is 90.1 Å². The smallest absolute Gasteiger partial charge is 0.316 e. The molecule has 2 aromatic heterocycles. The first-order valence-corrected chi connectivity index (χ1v) is 10.4. The number of fused-ring (bicyclic) bond motifs is 1. The molecule has 3 aromatic rings. The predicted octanol–water partition coefficient (Wildman–Crippen LogP) is 3.87. The number of oxazole rings is 1. The molecule has 0 unspecified atom stereocenters. The van der Waals surface area contributed by atoms with Crippen LogP contribution in [0.4, 0.5) is 0 Å². The number of benzene rings is 1. The van der Waals surface area contributed by atoms with Crippen LogP contribution in [0.3, 0.4) is 0 Å². The Morgan fingerprint density at radius 2 is 1.96 bits per heavy atom. The lowest BCUT2D eigenvalue weighted by Gasteiger charge is -2.28. The quantitative estimate of drug-likeness (QED) is 0.607. The minimum Gasteiger partial charge on any atom is -0.460 e. The van der Waals surface area contributed by atoms with Crippen molar-refractivity contribution in [2.45, 2.75) is 43.1 Å². The third-order valence-corrected chi connectivity index (χ3v) is 5.53. The maximum atomic E-state index is 12.2. The molecule has 1 saturated carbocycles. The van der Waals surface area contributed by atoms with E-state index in [9.17, 15) is 4.79 Å². The van der Waals surface area contributed by atoms with Gasteiger partial charge in [0, 0.05) is 6.04 Å². The fourth-order valence-corrected chi connectivity index (χ4v) is 3.89. The summed E-state index contributed by atoms with van der Waals surface area (Å²) in [6.45, 7) is 0. The first kappa shape index (κ1) is 19.0. The molecule has 1 aliphatic carbocycles. The van der Waals surface area contributed by atoms with Gasteiger partial charge in [-0.2, -0.15) is 0 Å². The van der Waals surface area contributed by atoms with Crippen LogP contribution in [0.5, 0.6) is 6.01 Å². The minimum atomic E-state index is -0.0161. The van der Waals surface area contributed by atoms with Crippen molar-refractivity contribution in [2.24, 2.45) is 0 Å². The SMILES string of the molecule is O=C(CSc1nc2ccccc2o1)NC1CCC(Oc2ncc(Cl)cn2)CC1. The number of carbonyl (C=O) groups excluding carboxylic acids is 1. The van der Waals surface area contributed by atoms with E-state index in [2.05, 4.69) is 20.3 Å². The average molecular weight is 419 g/mol. The fraction of sp³-hybridized carbons (Fsp3) is 0.368. The molecule has 0 aliphatic heterocycles. The van der Waals surface area contributed by atoms with Crippen LogP contribution >= 0.6 is 23.4 Å². The standard InChI is InChI=1S/C19H19ClN4O3S/c20-12-9-21-18(22-10-12)26-14-7-5-13(6-8-14)23-17(25)11-28-19-24-15-3-1-2-4-16(15)27-19/h1-4,9-10,13-14H,5-8,11H2,(H,23,25). The van der Waals surface area contributed by atoms with E-state index in [4.69, 9.17) is 20.8 Å². The van der Waals surface area contributed by atoms with Crippen LogP contribution in [-0.4, -0.2) is 38.8 Å². The largest absolute Gasteiger partial charge is 0.460 e. The third kappa shape index (κ3) is 4.94. The van der Waals surface area contributed by atoms with Gasteiger partial charge < -0.3 is 14.5 Å². The average Bonchev–Trinajstić information content (AvgIpc) is 3.13. The molecule has 2 heterocycles. The first-order valence-electron chi connectivity index (χ1n) is 9.07. The molecular weight excluding hydrogens is 400 g/mol. The zero-order valence-corrected chi connectivity index (χ0v) is 16.6. The number of nitrogens with zero attached hydrogens (tertiary/aromatic N) is 3. The Balaban J connectivity index is 1.20. The molecule has 4 rings (SSSR count). The molecule has 1 aliphatic rings. The summed E-state index contributed by atoms with van der Waals surface area (Å²) in [6, 6.07) is 8.05. The van der Waals surface area contributed by atoms with Gasteiger partial charge in [0.05, 0.1) is 23.2 Å². The molecule has 1 aromatic carbocycles. The second-order valence-electron chi connectivity index (χ2n) is 6.58. The van der Waals surface area contributed by atoms with Crippen LogP contribution in [0.25, 0.3) is 11.1 Å². The van der Waals surface area contributed by atoms with Crippen molar-refractivity contribution in [1.29, 1.82) is 0 Å². The van der Waals surface area contributed by atoms with E-state index in [1.165, 1.54) is 24.2 Å². The Morgan fingerprint density at radius 1 is 1.21 bits per heavy atom. The molecule has 28 heavy (non-hydrogen) atoms. The number of nitrogens with one attached hydrogen (secondary N) is 1. The molecule has 0 saturated heterocycles. The maximum Gasteiger partial charge on any atom is 0.316 e. The highest BCUT2D eigenvalue weighted by Gasteiger charge is 2.24. The molecule has 7 nitrogen and oxygen atoms in total. The lowest BCUT2D eigenvalue weighted by Crippen LogP contribution is -2.40. The second kappa shape index (κ2) is 8.79. The molecule has 0 atom stereocenters. The van der Waals surface area contributed by atoms with Crippen LogP contribution in [0.2, 0.25) is 5.02 Å². The molecule has 1 N–H and O–H groups in total. The summed E-state index contributed by atoms with van der Waals surface area (Å²) in [6.07, 6.45) is 6.50. The van der Waals surface area contributed by atoms with Crippen LogP contribution in [-0.2, 0) is 4.79 Å². The molecule has 0 bridgehead atoms. The molecule has 1 amide bonds. The number of rotatable bonds is 6. The molecular formula is C19H19ClN4O3S. The van der Waals surface area contributed by atoms with Crippen molar-refractivity contribution < 1.29 is 13.9 Å². The Morgan fingerprint density at radius 3 is 2.71 bits per heavy atom. The molecule has 0 radical (unpaired) electrons. The van der Waals surface area contributed by atoms with Crippen molar-refractivity contribution in [3.05, 3.63) is 41.7 Å². The summed E-state index contributed by atoms with van der Waals surface area (Å²) < 4.78 is 11.4. The first-order chi connectivity index (χ1) is 13.7. The zero-order chi connectivity index (χ0) is 19.3. The second-order valence-corrected chi connectivity index (χ2v) is 7.94. The lowest BCUT2D eigenvalue weighted by atomic mass is 9.93. The summed E-state index contributed by atoms with van der Waals surface area (Å²) in [7, 11) is 0. The molecule has 1 fully saturated rings. The number of halogens is 1. The van der Waals surface area contributed by atoms with Gasteiger partial charge in [-0.25, -0.2) is 15.0 Å². The maximum absolute atomic E-state index is 12.2. The van der Waals surface area contributed by atoms with Gasteiger partial charge in [0.25, 0.3) is 5.22 Å². The van der Waals surface area contributed by atoms with E-state index in [-0.39, 0.29) is 23.8 Å². The number of hydrogen-bond acceptors (Lipinski definition) is 7. The van der Waals surface area contributed by atoms with Gasteiger partial charge in [0.15, 0.2) is 5.58 Å². The van der Waals surface area contributed by atoms with Crippen molar-refractivity contribution in [1.82, 2.24) is 20.3 Å². The fourth-order valence-electron chi connectivity index (χ4n) is 3.14. The summed E-state index contributed by atoms with van der Waals surface area (Å²) in [5.41, 5.74) is 1.53. The number of aromatic nitrogens is 3. The number of ether oxygens (including phenoxy) is 1. The number of para-hydroxylation sites is 2. The molecule has 146 valence electrons. The Bertz CT molecular complexity index is 909. The monoisotopic (exact) mass is 418 g/mol. The van der Waals surface area contributed by atoms with Crippen molar-refractivity contribution in [3.63, 3.8) is 0 Å². The van der Waals surface area contributed by atoms with E-state index in [1.807, 2.05) is 24.3 Å². The minimum absolute atomic E-state index is 0.0161. The van der Waals surface area contributed by atoms with Crippen molar-refractivity contribution in [2.75, 3.05) is 5.75 Å². The van der Waals surface area contributed by atoms with Crippen LogP contribution < -0.4 is 10.1 Å². The third-order valence-electron chi connectivity index (χ3n) is 4.51. The van der Waals surface area contributed by atoms with E-state index >= 15 is 0 Å². The van der Waals surface area contributed by atoms with Gasteiger partial charge in [-0.1, -0.05) is 35.5 Å². The van der Waals surface area contributed by atoms with Gasteiger partial charge in [-0.3, -0.25) is 4.79 Å². The van der Waals surface area contributed by atoms with Gasteiger partial charge >= 0.3 is 6.01 Å². The molecule has 9 heteroatoms. The molecule has 0 spiro atoms. The Labute approximate surface area is 171 Å². The van der Waals surface area contributed by atoms with Gasteiger partial charge in [-0.15, -0.1) is 0 Å². The van der Waals surface area contributed by atoms with E-state index < -0.39 is 0 Å². The number of carbonyl (C=O) groups is 1. The summed E-state index contributed by atoms with van der Waals surface area (Å²) >= 11 is 7.08. The predicted molar refractivity (Wildman–Crippen MR) is 107 cm³/mol. The summed E-state index contributed by atoms with van der Waals surface area (Å²) in [4.78, 5) is 24.7. The Kier molecular flexibility index (Phi) is 5.97. The van der Waals surface area contributed by atoms with E-state index in [0.29, 0.717) is 16.3 Å². The number of thioether (sulfide) groups is 1. The zero-order valence-electron chi connectivity index (χ0n) is 15.0. The highest BCUT2D eigenvalue weighted by Crippen LogP contribution is 2.24. The lowest BCUT2D eigenvalue weighted by molar-refractivity contribution is -0.119. The highest BCUT2D eigenvalue weighted by atomic mass is 35.5. The van der Waals surface area contributed by atoms with Gasteiger partial charge in [-0.05, 0) is 37.8 Å². The highest BCUT2D eigenvalue weighted by molar-refractivity contribution is 7.99. The van der Waals surface area contributed by atoms with Gasteiger partial charge in [0.2, 0.25) is 5.91 Å². The van der Waals surface area contributed by atoms with Crippen LogP contribution in [0.15, 0.2) is 46.3 Å². The summed E-state index contributed by atoms with van der Waals surface area (Å²) in [5, 5.41) is 4.07. The van der Waals surface area contributed by atoms with Gasteiger partial charge in [0.1, 0.15) is 11.6 Å². The normalized spacial score (nSPS) is 19.5. The van der Waals surface area contributed by atoms with E-state index in [1.54, 1.807) is 0 Å². The number of hydrogen-bond donors (Lipinski definition) is 1. The number of amides is 1. The van der Waals surface area contributed by atoms with Crippen LogP contribution in [0.1, 0.15) is 25.7 Å². The summed E-state index contributed by atoms with van der Waals surface area (Å²) in [5.74, 6) is 0.264. The Hall–Kier alpha value is -2.32. The van der Waals surface area contributed by atoms with Crippen molar-refractivity contribution >= 4 is 40.4 Å².